The van der Waals surface area contributed by atoms with Crippen LogP contribution in [0.25, 0.3) is 0 Å². The van der Waals surface area contributed by atoms with Crippen LogP contribution in [0.1, 0.15) is 6.42 Å². The Kier molecular flexibility index (Phi) is 7.23. The van der Waals surface area contributed by atoms with Gasteiger partial charge in [0.1, 0.15) is 6.04 Å². The lowest BCUT2D eigenvalue weighted by molar-refractivity contribution is -0.141. The first-order chi connectivity index (χ1) is 5.72. The van der Waals surface area contributed by atoms with Crippen molar-refractivity contribution in [3.05, 3.63) is 0 Å². The van der Waals surface area contributed by atoms with Crippen LogP contribution in [-0.4, -0.2) is 42.3 Å². The summed E-state index contributed by atoms with van der Waals surface area (Å²) >= 11 is 1.54. The van der Waals surface area contributed by atoms with Gasteiger partial charge in [0.2, 0.25) is 0 Å². The van der Waals surface area contributed by atoms with Crippen LogP contribution in [0, 0.1) is 0 Å². The van der Waals surface area contributed by atoms with Gasteiger partial charge in [-0.05, 0) is 12.2 Å². The largest absolute Gasteiger partial charge is 0.468 e. The highest BCUT2D eigenvalue weighted by Gasteiger charge is 2.12. The molecule has 5 heteroatoms. The molecular formula is C7H15NO3S. The molecule has 0 aliphatic carbocycles. The first kappa shape index (κ1) is 11.7. The smallest absolute Gasteiger partial charge is 0.323 e. The van der Waals surface area contributed by atoms with E-state index >= 15 is 0 Å². The van der Waals surface area contributed by atoms with Gasteiger partial charge in [-0.15, -0.1) is 0 Å². The van der Waals surface area contributed by atoms with E-state index in [1.54, 1.807) is 11.8 Å². The summed E-state index contributed by atoms with van der Waals surface area (Å²) in [6.07, 6.45) is 0.735. The van der Waals surface area contributed by atoms with Crippen molar-refractivity contribution < 1.29 is 14.6 Å². The molecule has 0 aliphatic rings. The van der Waals surface area contributed by atoms with Crippen LogP contribution in [0.5, 0.6) is 0 Å². The molecule has 1 atom stereocenters. The monoisotopic (exact) mass is 193 g/mol. The summed E-state index contributed by atoms with van der Waals surface area (Å²) in [5, 5.41) is 8.45. The highest BCUT2D eigenvalue weighted by atomic mass is 32.2. The Labute approximate surface area is 76.5 Å². The maximum atomic E-state index is 10.8. The van der Waals surface area contributed by atoms with Crippen molar-refractivity contribution in [1.29, 1.82) is 0 Å². The van der Waals surface area contributed by atoms with Crippen molar-refractivity contribution in [3.8, 4) is 0 Å². The van der Waals surface area contributed by atoms with Gasteiger partial charge in [-0.25, -0.2) is 0 Å². The Morgan fingerprint density at radius 3 is 2.92 bits per heavy atom. The molecule has 0 spiro atoms. The van der Waals surface area contributed by atoms with Gasteiger partial charge in [0, 0.05) is 12.4 Å². The van der Waals surface area contributed by atoms with Gasteiger partial charge in [-0.2, -0.15) is 11.8 Å². The third kappa shape index (κ3) is 5.40. The standard InChI is InChI=1S/C7H15NO3S/c1-11-7(10)6(8)5-12-4-2-3-9/h6,9H,2-5,8H2,1H3. The topological polar surface area (TPSA) is 72.5 Å². The minimum atomic E-state index is -0.543. The van der Waals surface area contributed by atoms with Crippen molar-refractivity contribution >= 4 is 17.7 Å². The molecule has 0 aromatic rings. The zero-order chi connectivity index (χ0) is 9.40. The van der Waals surface area contributed by atoms with E-state index in [1.165, 1.54) is 7.11 Å². The van der Waals surface area contributed by atoms with E-state index in [2.05, 4.69) is 4.74 Å². The zero-order valence-electron chi connectivity index (χ0n) is 7.16. The Morgan fingerprint density at radius 1 is 1.75 bits per heavy atom. The van der Waals surface area contributed by atoms with Gasteiger partial charge in [0.05, 0.1) is 7.11 Å². The van der Waals surface area contributed by atoms with E-state index in [-0.39, 0.29) is 12.6 Å². The van der Waals surface area contributed by atoms with Gasteiger partial charge < -0.3 is 15.6 Å². The van der Waals surface area contributed by atoms with Crippen molar-refractivity contribution in [2.75, 3.05) is 25.2 Å². The van der Waals surface area contributed by atoms with Crippen LogP contribution in [-0.2, 0) is 9.53 Å². The Bertz CT molecular complexity index is 132. The highest BCUT2D eigenvalue weighted by Crippen LogP contribution is 2.03. The SMILES string of the molecule is COC(=O)C(N)CSCCCO. The molecule has 0 radical (unpaired) electrons. The van der Waals surface area contributed by atoms with E-state index in [9.17, 15) is 4.79 Å². The number of hydrogen-bond acceptors (Lipinski definition) is 5. The molecule has 0 bridgehead atoms. The average Bonchev–Trinajstić information content (AvgIpc) is 2.10. The summed E-state index contributed by atoms with van der Waals surface area (Å²) in [7, 11) is 1.32. The quantitative estimate of drug-likeness (QED) is 0.443. The lowest BCUT2D eigenvalue weighted by Crippen LogP contribution is -2.33. The van der Waals surface area contributed by atoms with E-state index in [0.29, 0.717) is 5.75 Å². The first-order valence-corrected chi connectivity index (χ1v) is 4.90. The molecule has 0 aliphatic heterocycles. The molecule has 4 nitrogen and oxygen atoms in total. The summed E-state index contributed by atoms with van der Waals surface area (Å²) in [5.41, 5.74) is 5.45. The van der Waals surface area contributed by atoms with Crippen molar-refractivity contribution in [1.82, 2.24) is 0 Å². The summed E-state index contributed by atoms with van der Waals surface area (Å²) in [6, 6.07) is -0.543. The number of nitrogens with two attached hydrogens (primary N) is 1. The lowest BCUT2D eigenvalue weighted by Gasteiger charge is -2.07. The third-order valence-corrected chi connectivity index (χ3v) is 2.42. The first-order valence-electron chi connectivity index (χ1n) is 3.74. The number of hydrogen-bond donors (Lipinski definition) is 2. The normalized spacial score (nSPS) is 12.6. The van der Waals surface area contributed by atoms with Crippen LogP contribution in [0.15, 0.2) is 0 Å². The number of ether oxygens (including phenoxy) is 1. The minimum absolute atomic E-state index is 0.181. The molecular weight excluding hydrogens is 178 g/mol. The maximum absolute atomic E-state index is 10.8. The number of rotatable bonds is 6. The van der Waals surface area contributed by atoms with Gasteiger partial charge in [0.15, 0.2) is 0 Å². The summed E-state index contributed by atoms with van der Waals surface area (Å²) in [5.74, 6) is 0.986. The van der Waals surface area contributed by atoms with Gasteiger partial charge in [-0.3, -0.25) is 4.79 Å². The van der Waals surface area contributed by atoms with Crippen LogP contribution in [0.4, 0.5) is 0 Å². The number of methoxy groups -OCH3 is 1. The van der Waals surface area contributed by atoms with Crippen molar-refractivity contribution in [2.24, 2.45) is 5.73 Å². The van der Waals surface area contributed by atoms with Crippen LogP contribution in [0.2, 0.25) is 0 Å². The Morgan fingerprint density at radius 2 is 2.42 bits per heavy atom. The van der Waals surface area contributed by atoms with E-state index < -0.39 is 6.04 Å². The average molecular weight is 193 g/mol. The number of thioether (sulfide) groups is 1. The molecule has 72 valence electrons. The fraction of sp³-hybridized carbons (Fsp3) is 0.857. The second kappa shape index (κ2) is 7.39. The van der Waals surface area contributed by atoms with Crippen molar-refractivity contribution in [3.63, 3.8) is 0 Å². The molecule has 0 saturated carbocycles. The molecule has 12 heavy (non-hydrogen) atoms. The molecule has 1 unspecified atom stereocenters. The molecule has 0 amide bonds. The number of aliphatic hydroxyl groups excluding tert-OH is 1. The third-order valence-electron chi connectivity index (χ3n) is 1.25. The fourth-order valence-corrected chi connectivity index (χ4v) is 1.49. The van der Waals surface area contributed by atoms with Gasteiger partial charge >= 0.3 is 5.97 Å². The van der Waals surface area contributed by atoms with Crippen LogP contribution >= 0.6 is 11.8 Å². The summed E-state index contributed by atoms with van der Waals surface area (Å²) in [6.45, 7) is 0.181. The van der Waals surface area contributed by atoms with E-state index in [0.717, 1.165) is 12.2 Å². The Hall–Kier alpha value is -0.260. The molecule has 0 rings (SSSR count). The number of esters is 1. The van der Waals surface area contributed by atoms with E-state index in [4.69, 9.17) is 10.8 Å². The molecule has 0 aromatic heterocycles. The highest BCUT2D eigenvalue weighted by molar-refractivity contribution is 7.99. The molecule has 0 saturated heterocycles. The van der Waals surface area contributed by atoms with E-state index in [1.807, 2.05) is 0 Å². The second-order valence-corrected chi connectivity index (χ2v) is 3.43. The molecule has 3 N–H and O–H groups in total. The van der Waals surface area contributed by atoms with Gasteiger partial charge in [-0.1, -0.05) is 0 Å². The number of aliphatic hydroxyl groups is 1. The van der Waals surface area contributed by atoms with Gasteiger partial charge in [0.25, 0.3) is 0 Å². The fourth-order valence-electron chi connectivity index (χ4n) is 0.596. The second-order valence-electron chi connectivity index (χ2n) is 2.28. The minimum Gasteiger partial charge on any atom is -0.468 e. The molecule has 0 aromatic carbocycles. The summed E-state index contributed by atoms with van der Waals surface area (Å²) in [4.78, 5) is 10.8. The lowest BCUT2D eigenvalue weighted by atomic mass is 10.4. The predicted octanol–water partition coefficient (Wildman–Crippen LogP) is -0.398. The summed E-state index contributed by atoms with van der Waals surface area (Å²) < 4.78 is 4.44. The Balaban J connectivity index is 3.31. The maximum Gasteiger partial charge on any atom is 0.323 e. The number of carbonyl (C=O) groups excluding carboxylic acids is 1. The predicted molar refractivity (Wildman–Crippen MR) is 49.0 cm³/mol. The zero-order valence-corrected chi connectivity index (χ0v) is 7.97. The van der Waals surface area contributed by atoms with Crippen LogP contribution in [0.3, 0.4) is 0 Å². The molecule has 0 fully saturated rings. The van der Waals surface area contributed by atoms with Crippen molar-refractivity contribution in [2.45, 2.75) is 12.5 Å². The molecule has 0 heterocycles. The number of carbonyl (C=O) groups is 1. The van der Waals surface area contributed by atoms with Crippen LogP contribution < -0.4 is 5.73 Å².